The molecule has 2 atom stereocenters. The quantitative estimate of drug-likeness (QED) is 0.787. The van der Waals surface area contributed by atoms with E-state index in [0.29, 0.717) is 5.56 Å². The van der Waals surface area contributed by atoms with Crippen molar-refractivity contribution >= 4 is 11.8 Å². The molecule has 0 saturated carbocycles. The first-order chi connectivity index (χ1) is 12.0. The average Bonchev–Trinajstić information content (AvgIpc) is 2.94. The van der Waals surface area contributed by atoms with Crippen molar-refractivity contribution in [3.8, 4) is 0 Å². The summed E-state index contributed by atoms with van der Waals surface area (Å²) in [5.41, 5.74) is 6.05. The van der Waals surface area contributed by atoms with E-state index in [1.54, 1.807) is 12.1 Å². The van der Waals surface area contributed by atoms with E-state index in [2.05, 4.69) is 4.98 Å². The van der Waals surface area contributed by atoms with Gasteiger partial charge in [-0.25, -0.2) is 9.59 Å². The van der Waals surface area contributed by atoms with E-state index in [1.165, 1.54) is 18.3 Å². The molecule has 0 saturated heterocycles. The molecule has 0 spiro atoms. The third-order valence-corrected chi connectivity index (χ3v) is 3.76. The highest BCUT2D eigenvalue weighted by Gasteiger charge is 2.30. The van der Waals surface area contributed by atoms with Crippen molar-refractivity contribution in [2.75, 3.05) is 12.3 Å². The smallest absolute Gasteiger partial charge is 0.352 e. The number of nitrogens with two attached hydrogens (primary N) is 1. The van der Waals surface area contributed by atoms with Gasteiger partial charge in [0.1, 0.15) is 24.3 Å². The molecule has 8 nitrogen and oxygen atoms in total. The van der Waals surface area contributed by atoms with Crippen LogP contribution in [0, 0.1) is 6.92 Å². The predicted molar refractivity (Wildman–Crippen MR) is 88.6 cm³/mol. The second kappa shape index (κ2) is 6.78. The van der Waals surface area contributed by atoms with Crippen LogP contribution in [0.2, 0.25) is 0 Å². The number of aryl methyl sites for hydroxylation is 1. The van der Waals surface area contributed by atoms with Gasteiger partial charge < -0.3 is 20.3 Å². The van der Waals surface area contributed by atoms with E-state index in [1.807, 2.05) is 19.1 Å². The second-order valence-corrected chi connectivity index (χ2v) is 5.57. The number of hydrogen-bond acceptors (Lipinski definition) is 7. The van der Waals surface area contributed by atoms with Crippen molar-refractivity contribution in [2.45, 2.75) is 19.3 Å². The number of carbonyl (C=O) groups is 1. The van der Waals surface area contributed by atoms with Crippen molar-refractivity contribution < 1.29 is 19.4 Å². The number of aliphatic hydroxyl groups excluding tert-OH is 1. The number of carbonyl (C=O) groups excluding carboxylic acids is 1. The number of esters is 1. The van der Waals surface area contributed by atoms with Gasteiger partial charge in [-0.15, -0.1) is 0 Å². The standard InChI is InChI=1S/C17H17N3O5/c1-10-4-2-3-5-12(10)16(22)24-9-11-8-13(21)15(25-11)20-7-6-14(18)19-17(20)23/h2-8,13,15,21H,9H2,1H3,(H2,18,19,23)/t13-,15-/m1/s1. The fourth-order valence-electron chi connectivity index (χ4n) is 2.48. The Morgan fingerprint density at radius 3 is 2.88 bits per heavy atom. The molecule has 1 aromatic heterocycles. The Bertz CT molecular complexity index is 890. The maximum Gasteiger partial charge on any atom is 0.352 e. The van der Waals surface area contributed by atoms with Crippen LogP contribution in [0.25, 0.3) is 0 Å². The molecule has 0 amide bonds. The van der Waals surface area contributed by atoms with Gasteiger partial charge in [-0.1, -0.05) is 18.2 Å². The third kappa shape index (κ3) is 3.53. The van der Waals surface area contributed by atoms with Gasteiger partial charge in [-0.05, 0) is 30.7 Å². The summed E-state index contributed by atoms with van der Waals surface area (Å²) in [5, 5.41) is 10.1. The van der Waals surface area contributed by atoms with E-state index < -0.39 is 24.0 Å². The Labute approximate surface area is 143 Å². The summed E-state index contributed by atoms with van der Waals surface area (Å²) in [4.78, 5) is 27.5. The number of aliphatic hydroxyl groups is 1. The van der Waals surface area contributed by atoms with Crippen molar-refractivity contribution in [3.63, 3.8) is 0 Å². The molecule has 130 valence electrons. The first-order valence-corrected chi connectivity index (χ1v) is 7.58. The van der Waals surface area contributed by atoms with Crippen LogP contribution in [0.4, 0.5) is 5.82 Å². The highest BCUT2D eigenvalue weighted by Crippen LogP contribution is 2.26. The molecular formula is C17H17N3O5. The van der Waals surface area contributed by atoms with Crippen LogP contribution in [0.5, 0.6) is 0 Å². The number of nitrogen functional groups attached to an aromatic ring is 1. The number of benzene rings is 1. The number of hydrogen-bond donors (Lipinski definition) is 2. The molecule has 0 radical (unpaired) electrons. The summed E-state index contributed by atoms with van der Waals surface area (Å²) < 4.78 is 11.8. The van der Waals surface area contributed by atoms with Gasteiger partial charge in [-0.2, -0.15) is 4.98 Å². The lowest BCUT2D eigenvalue weighted by Crippen LogP contribution is -2.32. The van der Waals surface area contributed by atoms with Crippen LogP contribution in [-0.4, -0.2) is 33.3 Å². The largest absolute Gasteiger partial charge is 0.468 e. The van der Waals surface area contributed by atoms with E-state index in [9.17, 15) is 14.7 Å². The van der Waals surface area contributed by atoms with Crippen LogP contribution in [0.1, 0.15) is 22.1 Å². The van der Waals surface area contributed by atoms with Crippen molar-refractivity contribution in [1.82, 2.24) is 9.55 Å². The number of ether oxygens (including phenoxy) is 2. The number of aromatic nitrogens is 2. The fraction of sp³-hybridized carbons (Fsp3) is 0.235. The zero-order valence-corrected chi connectivity index (χ0v) is 13.5. The highest BCUT2D eigenvalue weighted by molar-refractivity contribution is 5.91. The molecule has 0 bridgehead atoms. The van der Waals surface area contributed by atoms with Gasteiger partial charge in [0.15, 0.2) is 0 Å². The van der Waals surface area contributed by atoms with Gasteiger partial charge in [0.2, 0.25) is 6.23 Å². The molecule has 0 aliphatic carbocycles. The topological polar surface area (TPSA) is 117 Å². The first kappa shape index (κ1) is 16.7. The lowest BCUT2D eigenvalue weighted by atomic mass is 10.1. The summed E-state index contributed by atoms with van der Waals surface area (Å²) in [7, 11) is 0. The van der Waals surface area contributed by atoms with E-state index in [-0.39, 0.29) is 18.2 Å². The molecule has 0 unspecified atom stereocenters. The number of rotatable bonds is 4. The molecule has 1 aliphatic rings. The normalized spacial score (nSPS) is 19.2. The monoisotopic (exact) mass is 343 g/mol. The van der Waals surface area contributed by atoms with Crippen LogP contribution < -0.4 is 11.4 Å². The SMILES string of the molecule is Cc1ccccc1C(=O)OCC1=C[C@@H](O)[C@H](n2ccc(N)nc2=O)O1. The van der Waals surface area contributed by atoms with Crippen LogP contribution in [0.3, 0.4) is 0 Å². The molecule has 1 aromatic carbocycles. The van der Waals surface area contributed by atoms with Gasteiger partial charge in [-0.3, -0.25) is 4.57 Å². The minimum atomic E-state index is -1.07. The van der Waals surface area contributed by atoms with Crippen LogP contribution in [0.15, 0.2) is 53.2 Å². The fourth-order valence-corrected chi connectivity index (χ4v) is 2.48. The number of anilines is 1. The van der Waals surface area contributed by atoms with Gasteiger partial charge >= 0.3 is 11.7 Å². The molecule has 1 aliphatic heterocycles. The van der Waals surface area contributed by atoms with E-state index in [0.717, 1.165) is 10.1 Å². The summed E-state index contributed by atoms with van der Waals surface area (Å²) in [6.07, 6.45) is 0.718. The van der Waals surface area contributed by atoms with Gasteiger partial charge in [0.25, 0.3) is 0 Å². The Morgan fingerprint density at radius 1 is 1.40 bits per heavy atom. The molecule has 8 heteroatoms. The zero-order chi connectivity index (χ0) is 18.0. The van der Waals surface area contributed by atoms with Crippen LogP contribution in [-0.2, 0) is 9.47 Å². The van der Waals surface area contributed by atoms with E-state index >= 15 is 0 Å². The van der Waals surface area contributed by atoms with Crippen molar-refractivity contribution in [1.29, 1.82) is 0 Å². The summed E-state index contributed by atoms with van der Waals surface area (Å²) in [5.74, 6) is -0.163. The van der Waals surface area contributed by atoms with E-state index in [4.69, 9.17) is 15.2 Å². The lowest BCUT2D eigenvalue weighted by Gasteiger charge is -2.18. The van der Waals surface area contributed by atoms with Crippen molar-refractivity contribution in [2.24, 2.45) is 0 Å². The number of nitrogens with zero attached hydrogens (tertiary/aromatic N) is 2. The maximum atomic E-state index is 12.1. The molecule has 2 aromatic rings. The minimum absolute atomic E-state index is 0.0779. The Hall–Kier alpha value is -3.13. The molecule has 0 fully saturated rings. The second-order valence-electron chi connectivity index (χ2n) is 5.57. The first-order valence-electron chi connectivity index (χ1n) is 7.58. The van der Waals surface area contributed by atoms with Crippen LogP contribution >= 0.6 is 0 Å². The zero-order valence-electron chi connectivity index (χ0n) is 13.5. The Morgan fingerprint density at radius 2 is 2.16 bits per heavy atom. The lowest BCUT2D eigenvalue weighted by molar-refractivity contribution is -0.0141. The Balaban J connectivity index is 1.65. The maximum absolute atomic E-state index is 12.1. The van der Waals surface area contributed by atoms with Crippen molar-refractivity contribution in [3.05, 3.63) is 70.0 Å². The molecular weight excluding hydrogens is 326 g/mol. The molecule has 3 N–H and O–H groups in total. The average molecular weight is 343 g/mol. The third-order valence-electron chi connectivity index (χ3n) is 3.76. The summed E-state index contributed by atoms with van der Waals surface area (Å²) in [6.45, 7) is 1.65. The molecule has 25 heavy (non-hydrogen) atoms. The summed E-state index contributed by atoms with van der Waals surface area (Å²) >= 11 is 0. The van der Waals surface area contributed by atoms with Gasteiger partial charge in [0.05, 0.1) is 5.56 Å². The Kier molecular flexibility index (Phi) is 4.53. The van der Waals surface area contributed by atoms with Gasteiger partial charge in [0, 0.05) is 6.20 Å². The highest BCUT2D eigenvalue weighted by atomic mass is 16.6. The predicted octanol–water partition coefficient (Wildman–Crippen LogP) is 0.765. The molecule has 3 rings (SSSR count). The minimum Gasteiger partial charge on any atom is -0.468 e. The molecule has 2 heterocycles. The summed E-state index contributed by atoms with van der Waals surface area (Å²) in [6, 6.07) is 8.47.